The lowest BCUT2D eigenvalue weighted by molar-refractivity contribution is -0.139. The number of anilines is 1. The predicted molar refractivity (Wildman–Crippen MR) is 65.4 cm³/mol. The minimum absolute atomic E-state index is 0.0915. The van der Waals surface area contributed by atoms with Crippen LogP contribution in [0.5, 0.6) is 5.75 Å². The van der Waals surface area contributed by atoms with Crippen LogP contribution in [0.4, 0.5) is 18.9 Å². The van der Waals surface area contributed by atoms with Gasteiger partial charge in [-0.1, -0.05) is 0 Å². The number of rotatable bonds is 5. The Bertz CT molecular complexity index is 515. The number of hydrogen-bond donors (Lipinski definition) is 2. The highest BCUT2D eigenvalue weighted by Crippen LogP contribution is 2.21. The number of nitrogen functional groups attached to an aromatic ring is 1. The van der Waals surface area contributed by atoms with Gasteiger partial charge in [-0.3, -0.25) is 9.59 Å². The van der Waals surface area contributed by atoms with E-state index in [1.807, 2.05) is 0 Å². The van der Waals surface area contributed by atoms with Gasteiger partial charge < -0.3 is 15.8 Å². The SMILES string of the molecule is CC(=O)c1cc(N)ccc1OCC(=O)NCC(F)(F)F. The summed E-state index contributed by atoms with van der Waals surface area (Å²) in [5.41, 5.74) is 6.00. The van der Waals surface area contributed by atoms with E-state index in [1.165, 1.54) is 25.1 Å². The van der Waals surface area contributed by atoms with Gasteiger partial charge in [0.05, 0.1) is 5.56 Å². The number of halogens is 3. The molecule has 20 heavy (non-hydrogen) atoms. The summed E-state index contributed by atoms with van der Waals surface area (Å²) in [4.78, 5) is 22.5. The molecule has 0 unspecified atom stereocenters. The third kappa shape index (κ3) is 5.17. The zero-order valence-corrected chi connectivity index (χ0v) is 10.6. The first-order valence-electron chi connectivity index (χ1n) is 5.56. The Morgan fingerprint density at radius 2 is 2.00 bits per heavy atom. The number of ketones is 1. The summed E-state index contributed by atoms with van der Waals surface area (Å²) in [6, 6.07) is 4.20. The molecule has 1 aromatic carbocycles. The standard InChI is InChI=1S/C12H13F3N2O3/c1-7(18)9-4-8(16)2-3-10(9)20-5-11(19)17-6-12(13,14)15/h2-4H,5-6,16H2,1H3,(H,17,19). The molecule has 0 bridgehead atoms. The van der Waals surface area contributed by atoms with Gasteiger partial charge in [-0.25, -0.2) is 0 Å². The van der Waals surface area contributed by atoms with Gasteiger partial charge in [-0.2, -0.15) is 13.2 Å². The molecule has 0 saturated carbocycles. The third-order valence-electron chi connectivity index (χ3n) is 2.23. The van der Waals surface area contributed by atoms with Crippen molar-refractivity contribution >= 4 is 17.4 Å². The van der Waals surface area contributed by atoms with Crippen LogP contribution in [-0.2, 0) is 4.79 Å². The van der Waals surface area contributed by atoms with E-state index in [1.54, 1.807) is 5.32 Å². The lowest BCUT2D eigenvalue weighted by Crippen LogP contribution is -2.36. The average Bonchev–Trinajstić information content (AvgIpc) is 2.33. The summed E-state index contributed by atoms with van der Waals surface area (Å²) in [7, 11) is 0. The van der Waals surface area contributed by atoms with Crippen molar-refractivity contribution < 1.29 is 27.5 Å². The maximum absolute atomic E-state index is 11.9. The first kappa shape index (κ1) is 15.8. The highest BCUT2D eigenvalue weighted by atomic mass is 19.4. The van der Waals surface area contributed by atoms with Crippen LogP contribution in [0.25, 0.3) is 0 Å². The molecule has 0 aliphatic rings. The molecule has 1 aromatic rings. The van der Waals surface area contributed by atoms with Crippen LogP contribution in [0.1, 0.15) is 17.3 Å². The molecule has 1 rings (SSSR count). The molecule has 0 fully saturated rings. The fourth-order valence-electron chi connectivity index (χ4n) is 1.34. The molecule has 1 amide bonds. The molecule has 0 atom stereocenters. The van der Waals surface area contributed by atoms with Gasteiger partial charge in [0.15, 0.2) is 12.4 Å². The number of alkyl halides is 3. The molecule has 0 heterocycles. The largest absolute Gasteiger partial charge is 0.483 e. The molecular formula is C12H13F3N2O3. The lowest BCUT2D eigenvalue weighted by Gasteiger charge is -2.11. The van der Waals surface area contributed by atoms with E-state index in [4.69, 9.17) is 10.5 Å². The number of Topliss-reactive ketones (excluding diaryl/α,β-unsaturated/α-hetero) is 1. The monoisotopic (exact) mass is 290 g/mol. The highest BCUT2D eigenvalue weighted by Gasteiger charge is 2.27. The van der Waals surface area contributed by atoms with Crippen molar-refractivity contribution in [2.45, 2.75) is 13.1 Å². The summed E-state index contributed by atoms with van der Waals surface area (Å²) in [5, 5.41) is 1.65. The molecule has 0 aromatic heterocycles. The molecule has 110 valence electrons. The lowest BCUT2D eigenvalue weighted by atomic mass is 10.1. The minimum Gasteiger partial charge on any atom is -0.483 e. The van der Waals surface area contributed by atoms with Gasteiger partial charge in [0, 0.05) is 5.69 Å². The molecule has 0 radical (unpaired) electrons. The first-order valence-corrected chi connectivity index (χ1v) is 5.56. The number of carbonyl (C=O) groups is 2. The number of carbonyl (C=O) groups excluding carboxylic acids is 2. The van der Waals surface area contributed by atoms with Crippen molar-refractivity contribution in [3.63, 3.8) is 0 Å². The summed E-state index contributed by atoms with van der Waals surface area (Å²) in [5.74, 6) is -1.18. The second-order valence-corrected chi connectivity index (χ2v) is 3.99. The minimum atomic E-state index is -4.48. The zero-order chi connectivity index (χ0) is 15.3. The van der Waals surface area contributed by atoms with Crippen LogP contribution < -0.4 is 15.8 Å². The molecule has 0 saturated heterocycles. The second kappa shape index (κ2) is 6.27. The fraction of sp³-hybridized carbons (Fsp3) is 0.333. The molecule has 0 aliphatic heterocycles. The van der Waals surface area contributed by atoms with Crippen molar-refractivity contribution in [3.05, 3.63) is 23.8 Å². The van der Waals surface area contributed by atoms with E-state index in [0.717, 1.165) is 0 Å². The summed E-state index contributed by atoms with van der Waals surface area (Å²) in [6.07, 6.45) is -4.48. The van der Waals surface area contributed by atoms with Crippen LogP contribution in [0.15, 0.2) is 18.2 Å². The number of benzene rings is 1. The van der Waals surface area contributed by atoms with Gasteiger partial charge in [0.25, 0.3) is 5.91 Å². The van der Waals surface area contributed by atoms with Gasteiger partial charge in [0.2, 0.25) is 0 Å². The van der Waals surface area contributed by atoms with E-state index in [0.29, 0.717) is 5.69 Å². The van der Waals surface area contributed by atoms with Crippen molar-refractivity contribution in [2.75, 3.05) is 18.9 Å². The Hall–Kier alpha value is -2.25. The van der Waals surface area contributed by atoms with Gasteiger partial charge in [-0.05, 0) is 25.1 Å². The van der Waals surface area contributed by atoms with Crippen LogP contribution in [0, 0.1) is 0 Å². The van der Waals surface area contributed by atoms with Gasteiger partial charge in [-0.15, -0.1) is 0 Å². The maximum Gasteiger partial charge on any atom is 0.405 e. The van der Waals surface area contributed by atoms with Crippen LogP contribution >= 0.6 is 0 Å². The Balaban J connectivity index is 2.62. The topological polar surface area (TPSA) is 81.4 Å². The second-order valence-electron chi connectivity index (χ2n) is 3.99. The number of amides is 1. The number of nitrogens with one attached hydrogen (secondary N) is 1. The highest BCUT2D eigenvalue weighted by molar-refractivity contribution is 5.97. The van der Waals surface area contributed by atoms with E-state index in [9.17, 15) is 22.8 Å². The van der Waals surface area contributed by atoms with Gasteiger partial charge >= 0.3 is 6.18 Å². The average molecular weight is 290 g/mol. The Kier molecular flexibility index (Phi) is 4.95. The van der Waals surface area contributed by atoms with Crippen molar-refractivity contribution in [1.29, 1.82) is 0 Å². The number of nitrogens with two attached hydrogens (primary N) is 1. The molecule has 0 spiro atoms. The molecular weight excluding hydrogens is 277 g/mol. The Morgan fingerprint density at radius 1 is 1.35 bits per heavy atom. The maximum atomic E-state index is 11.9. The van der Waals surface area contributed by atoms with E-state index >= 15 is 0 Å². The molecule has 3 N–H and O–H groups in total. The normalized spacial score (nSPS) is 11.0. The summed E-state index contributed by atoms with van der Waals surface area (Å²) < 4.78 is 40.7. The third-order valence-corrected chi connectivity index (χ3v) is 2.23. The first-order chi connectivity index (χ1) is 9.19. The number of hydrogen-bond acceptors (Lipinski definition) is 4. The van der Waals surface area contributed by atoms with E-state index in [2.05, 4.69) is 0 Å². The summed E-state index contributed by atoms with van der Waals surface area (Å²) in [6.45, 7) is -0.776. The fourth-order valence-corrected chi connectivity index (χ4v) is 1.34. The smallest absolute Gasteiger partial charge is 0.405 e. The van der Waals surface area contributed by atoms with Crippen molar-refractivity contribution in [2.24, 2.45) is 0 Å². The quantitative estimate of drug-likeness (QED) is 0.636. The van der Waals surface area contributed by atoms with Crippen molar-refractivity contribution in [3.8, 4) is 5.75 Å². The predicted octanol–water partition coefficient (Wildman–Crippen LogP) is 1.53. The summed E-state index contributed by atoms with van der Waals surface area (Å²) >= 11 is 0. The van der Waals surface area contributed by atoms with Crippen molar-refractivity contribution in [1.82, 2.24) is 5.32 Å². The van der Waals surface area contributed by atoms with Gasteiger partial charge in [0.1, 0.15) is 12.3 Å². The molecule has 5 nitrogen and oxygen atoms in total. The zero-order valence-electron chi connectivity index (χ0n) is 10.6. The molecule has 8 heteroatoms. The Labute approximate surface area is 112 Å². The number of ether oxygens (including phenoxy) is 1. The van der Waals surface area contributed by atoms with E-state index < -0.39 is 25.2 Å². The van der Waals surface area contributed by atoms with E-state index in [-0.39, 0.29) is 17.1 Å². The Morgan fingerprint density at radius 3 is 2.55 bits per heavy atom. The van der Waals surface area contributed by atoms with Crippen LogP contribution in [0.2, 0.25) is 0 Å². The van der Waals surface area contributed by atoms with Crippen LogP contribution in [-0.4, -0.2) is 31.0 Å². The molecule has 0 aliphatic carbocycles. The van der Waals surface area contributed by atoms with Crippen LogP contribution in [0.3, 0.4) is 0 Å².